The van der Waals surface area contributed by atoms with Gasteiger partial charge >= 0.3 is 5.79 Å². The first-order valence-electron chi connectivity index (χ1n) is 5.99. The summed E-state index contributed by atoms with van der Waals surface area (Å²) >= 11 is 0. The highest BCUT2D eigenvalue weighted by Crippen LogP contribution is 2.35. The molecule has 0 radical (unpaired) electrons. The minimum Gasteiger partial charge on any atom is -0.447 e. The van der Waals surface area contributed by atoms with Crippen LogP contribution in [0.4, 0.5) is 0 Å². The van der Waals surface area contributed by atoms with Gasteiger partial charge in [0.2, 0.25) is 0 Å². The summed E-state index contributed by atoms with van der Waals surface area (Å²) < 4.78 is 11.0. The van der Waals surface area contributed by atoms with Crippen molar-refractivity contribution in [1.82, 2.24) is 0 Å². The summed E-state index contributed by atoms with van der Waals surface area (Å²) in [7, 11) is 0. The lowest BCUT2D eigenvalue weighted by Gasteiger charge is -2.26. The van der Waals surface area contributed by atoms with Gasteiger partial charge in [-0.2, -0.15) is 0 Å². The van der Waals surface area contributed by atoms with E-state index in [-0.39, 0.29) is 5.78 Å². The van der Waals surface area contributed by atoms with Gasteiger partial charge in [-0.05, 0) is 0 Å². The van der Waals surface area contributed by atoms with Gasteiger partial charge in [-0.1, -0.05) is 60.7 Å². The van der Waals surface area contributed by atoms with E-state index in [1.165, 1.54) is 12.5 Å². The lowest BCUT2D eigenvalue weighted by atomic mass is 9.96. The van der Waals surface area contributed by atoms with E-state index in [4.69, 9.17) is 9.47 Å². The summed E-state index contributed by atoms with van der Waals surface area (Å²) in [5.74, 6) is -1.62. The second kappa shape index (κ2) is 4.61. The number of carbonyl (C=O) groups excluding carboxylic acids is 1. The molecule has 3 rings (SSSR count). The first-order chi connectivity index (χ1) is 9.33. The van der Waals surface area contributed by atoms with Gasteiger partial charge in [-0.25, -0.2) is 0 Å². The molecule has 1 aliphatic heterocycles. The average Bonchev–Trinajstić information content (AvgIpc) is 2.99. The molecule has 0 spiro atoms. The zero-order valence-electron chi connectivity index (χ0n) is 10.2. The topological polar surface area (TPSA) is 35.5 Å². The molecule has 0 unspecified atom stereocenters. The van der Waals surface area contributed by atoms with Gasteiger partial charge in [0.05, 0.1) is 0 Å². The second-order valence-corrected chi connectivity index (χ2v) is 4.19. The quantitative estimate of drug-likeness (QED) is 0.787. The molecule has 0 saturated carbocycles. The van der Waals surface area contributed by atoms with Crippen LogP contribution in [0.5, 0.6) is 0 Å². The Morgan fingerprint density at radius 3 is 1.89 bits per heavy atom. The van der Waals surface area contributed by atoms with Gasteiger partial charge in [0.15, 0.2) is 0 Å². The van der Waals surface area contributed by atoms with Crippen molar-refractivity contribution < 1.29 is 14.3 Å². The summed E-state index contributed by atoms with van der Waals surface area (Å²) in [5.41, 5.74) is 1.23. The molecular formula is C16H12O3. The van der Waals surface area contributed by atoms with Gasteiger partial charge in [0, 0.05) is 11.1 Å². The van der Waals surface area contributed by atoms with Crippen molar-refractivity contribution in [1.29, 1.82) is 0 Å². The van der Waals surface area contributed by atoms with Crippen LogP contribution in [0.3, 0.4) is 0 Å². The number of ketones is 1. The lowest BCUT2D eigenvalue weighted by molar-refractivity contribution is -0.110. The molecule has 2 aromatic rings. The van der Waals surface area contributed by atoms with Crippen molar-refractivity contribution in [3.8, 4) is 0 Å². The van der Waals surface area contributed by atoms with Crippen LogP contribution in [0.1, 0.15) is 15.9 Å². The summed E-state index contributed by atoms with van der Waals surface area (Å²) in [6.45, 7) is 0. The molecule has 0 saturated heterocycles. The maximum atomic E-state index is 12.7. The minimum absolute atomic E-state index is 0.218. The van der Waals surface area contributed by atoms with E-state index >= 15 is 0 Å². The van der Waals surface area contributed by atoms with Crippen LogP contribution in [0.15, 0.2) is 73.2 Å². The zero-order valence-corrected chi connectivity index (χ0v) is 10.2. The summed E-state index contributed by atoms with van der Waals surface area (Å²) in [4.78, 5) is 12.7. The molecule has 0 bridgehead atoms. The third kappa shape index (κ3) is 1.89. The molecule has 0 atom stereocenters. The van der Waals surface area contributed by atoms with Gasteiger partial charge < -0.3 is 9.47 Å². The second-order valence-electron chi connectivity index (χ2n) is 4.19. The molecule has 19 heavy (non-hydrogen) atoms. The number of hydrogen-bond donors (Lipinski definition) is 0. The fourth-order valence-corrected chi connectivity index (χ4v) is 2.09. The Balaban J connectivity index is 2.05. The van der Waals surface area contributed by atoms with Crippen LogP contribution < -0.4 is 0 Å². The number of ether oxygens (including phenoxy) is 2. The van der Waals surface area contributed by atoms with Crippen LogP contribution in [-0.4, -0.2) is 5.78 Å². The normalized spacial score (nSPS) is 15.6. The predicted molar refractivity (Wildman–Crippen MR) is 70.2 cm³/mol. The third-order valence-electron chi connectivity index (χ3n) is 3.01. The van der Waals surface area contributed by atoms with Gasteiger partial charge in [0.1, 0.15) is 12.5 Å². The number of carbonyl (C=O) groups is 1. The standard InChI is InChI=1S/C16H12O3/c17-15(13-7-3-1-4-8-13)16(18-11-12-19-16)14-9-5-2-6-10-14/h1-12H. The van der Waals surface area contributed by atoms with Gasteiger partial charge in [-0.15, -0.1) is 0 Å². The van der Waals surface area contributed by atoms with E-state index in [9.17, 15) is 4.79 Å². The van der Waals surface area contributed by atoms with E-state index in [0.717, 1.165) is 0 Å². The van der Waals surface area contributed by atoms with Crippen LogP contribution in [0.25, 0.3) is 0 Å². The maximum absolute atomic E-state index is 12.7. The third-order valence-corrected chi connectivity index (χ3v) is 3.01. The maximum Gasteiger partial charge on any atom is 0.343 e. The highest BCUT2D eigenvalue weighted by atomic mass is 16.7. The lowest BCUT2D eigenvalue weighted by Crippen LogP contribution is -2.37. The van der Waals surface area contributed by atoms with Crippen molar-refractivity contribution in [2.45, 2.75) is 5.79 Å². The fraction of sp³-hybridized carbons (Fsp3) is 0.0625. The molecule has 1 aliphatic rings. The molecule has 94 valence electrons. The smallest absolute Gasteiger partial charge is 0.343 e. The monoisotopic (exact) mass is 252 g/mol. The fourth-order valence-electron chi connectivity index (χ4n) is 2.09. The predicted octanol–water partition coefficient (Wildman–Crippen LogP) is 3.24. The van der Waals surface area contributed by atoms with Crippen LogP contribution >= 0.6 is 0 Å². The van der Waals surface area contributed by atoms with Gasteiger partial charge in [0.25, 0.3) is 5.78 Å². The Bertz CT molecular complexity index is 594. The summed E-state index contributed by atoms with van der Waals surface area (Å²) in [6.07, 6.45) is 2.79. The molecule has 2 aromatic carbocycles. The Kier molecular flexibility index (Phi) is 2.80. The SMILES string of the molecule is O=C(c1ccccc1)C1(c2ccccc2)OC=CO1. The van der Waals surface area contributed by atoms with E-state index in [1.807, 2.05) is 48.5 Å². The Morgan fingerprint density at radius 1 is 0.789 bits per heavy atom. The molecular weight excluding hydrogens is 240 g/mol. The number of rotatable bonds is 3. The molecule has 0 N–H and O–H groups in total. The number of hydrogen-bond acceptors (Lipinski definition) is 3. The molecule has 0 aromatic heterocycles. The van der Waals surface area contributed by atoms with Gasteiger partial charge in [-0.3, -0.25) is 4.79 Å². The number of benzene rings is 2. The Morgan fingerprint density at radius 2 is 1.32 bits per heavy atom. The largest absolute Gasteiger partial charge is 0.447 e. The Hall–Kier alpha value is -2.55. The van der Waals surface area contributed by atoms with Crippen LogP contribution in [-0.2, 0) is 15.3 Å². The highest BCUT2D eigenvalue weighted by Gasteiger charge is 2.46. The average molecular weight is 252 g/mol. The number of Topliss-reactive ketones (excluding diaryl/α,β-unsaturated/α-hetero) is 1. The van der Waals surface area contributed by atoms with Crippen LogP contribution in [0.2, 0.25) is 0 Å². The molecule has 0 aliphatic carbocycles. The summed E-state index contributed by atoms with van der Waals surface area (Å²) in [6, 6.07) is 18.2. The van der Waals surface area contributed by atoms with Crippen molar-refractivity contribution in [2.75, 3.05) is 0 Å². The van der Waals surface area contributed by atoms with E-state index in [1.54, 1.807) is 12.1 Å². The van der Waals surface area contributed by atoms with E-state index in [2.05, 4.69) is 0 Å². The van der Waals surface area contributed by atoms with Crippen molar-refractivity contribution >= 4 is 5.78 Å². The molecule has 0 amide bonds. The van der Waals surface area contributed by atoms with Crippen molar-refractivity contribution in [3.63, 3.8) is 0 Å². The zero-order chi connectivity index (χ0) is 13.1. The first kappa shape index (κ1) is 11.5. The molecule has 1 heterocycles. The van der Waals surface area contributed by atoms with Crippen molar-refractivity contribution in [2.24, 2.45) is 0 Å². The summed E-state index contributed by atoms with van der Waals surface area (Å²) in [5, 5.41) is 0. The van der Waals surface area contributed by atoms with Crippen molar-refractivity contribution in [3.05, 3.63) is 84.3 Å². The van der Waals surface area contributed by atoms with E-state index < -0.39 is 5.79 Å². The van der Waals surface area contributed by atoms with Crippen LogP contribution in [0, 0.1) is 0 Å². The minimum atomic E-state index is -1.40. The molecule has 3 nitrogen and oxygen atoms in total. The molecule has 3 heteroatoms. The molecule has 0 fully saturated rings. The Labute approximate surface area is 111 Å². The highest BCUT2D eigenvalue weighted by molar-refractivity contribution is 6.02. The van der Waals surface area contributed by atoms with E-state index in [0.29, 0.717) is 11.1 Å². The first-order valence-corrected chi connectivity index (χ1v) is 5.99.